The molecule has 0 unspecified atom stereocenters. The minimum atomic E-state index is -0.0810. The summed E-state index contributed by atoms with van der Waals surface area (Å²) in [5.74, 6) is 1.23. The maximum atomic E-state index is 12.2. The van der Waals surface area contributed by atoms with Crippen LogP contribution in [-0.4, -0.2) is 20.7 Å². The smallest absolute Gasteiger partial charge is 0.224 e. The SMILES string of the molecule is CCCCCCCCCCCC(=O)Nc1ccc(-n2nc(C(C)(C)C)cc2N)nc1. The first-order valence-corrected chi connectivity index (χ1v) is 11.4. The lowest BCUT2D eigenvalue weighted by Crippen LogP contribution is -2.13. The van der Waals surface area contributed by atoms with Crippen LogP contribution in [0.2, 0.25) is 0 Å². The molecule has 0 atom stereocenters. The monoisotopic (exact) mass is 413 g/mol. The zero-order valence-electron chi connectivity index (χ0n) is 19.2. The van der Waals surface area contributed by atoms with Gasteiger partial charge in [-0.3, -0.25) is 4.79 Å². The predicted octanol–water partition coefficient (Wildman–Crippen LogP) is 6.01. The fourth-order valence-electron chi connectivity index (χ4n) is 3.35. The summed E-state index contributed by atoms with van der Waals surface area (Å²) in [4.78, 5) is 16.6. The number of carbonyl (C=O) groups excluding carboxylic acids is 1. The van der Waals surface area contributed by atoms with Crippen molar-refractivity contribution >= 4 is 17.4 Å². The average molecular weight is 414 g/mol. The van der Waals surface area contributed by atoms with Gasteiger partial charge in [-0.25, -0.2) is 4.98 Å². The van der Waals surface area contributed by atoms with E-state index in [1.807, 2.05) is 18.2 Å². The van der Waals surface area contributed by atoms with Crippen molar-refractivity contribution in [3.63, 3.8) is 0 Å². The predicted molar refractivity (Wildman–Crippen MR) is 125 cm³/mol. The highest BCUT2D eigenvalue weighted by Crippen LogP contribution is 2.24. The molecule has 0 bridgehead atoms. The largest absolute Gasteiger partial charge is 0.384 e. The first kappa shape index (κ1) is 23.9. The molecule has 0 aliphatic carbocycles. The lowest BCUT2D eigenvalue weighted by atomic mass is 9.92. The first-order chi connectivity index (χ1) is 14.3. The summed E-state index contributed by atoms with van der Waals surface area (Å²) in [7, 11) is 0. The van der Waals surface area contributed by atoms with Gasteiger partial charge in [0, 0.05) is 17.9 Å². The summed E-state index contributed by atoms with van der Waals surface area (Å²) >= 11 is 0. The minimum Gasteiger partial charge on any atom is -0.384 e. The minimum absolute atomic E-state index is 0.0427. The number of anilines is 2. The molecule has 2 aromatic rings. The van der Waals surface area contributed by atoms with Gasteiger partial charge in [-0.05, 0) is 18.6 Å². The molecule has 2 rings (SSSR count). The second-order valence-electron chi connectivity index (χ2n) is 9.15. The van der Waals surface area contributed by atoms with Crippen molar-refractivity contribution in [3.05, 3.63) is 30.1 Å². The number of nitrogens with two attached hydrogens (primary N) is 1. The molecule has 3 N–H and O–H groups in total. The van der Waals surface area contributed by atoms with Crippen LogP contribution in [-0.2, 0) is 10.2 Å². The quantitative estimate of drug-likeness (QED) is 0.417. The van der Waals surface area contributed by atoms with E-state index < -0.39 is 0 Å². The van der Waals surface area contributed by atoms with Crippen LogP contribution in [0.4, 0.5) is 11.5 Å². The van der Waals surface area contributed by atoms with E-state index in [-0.39, 0.29) is 11.3 Å². The molecular formula is C24H39N5O. The summed E-state index contributed by atoms with van der Waals surface area (Å²) < 4.78 is 1.63. The Balaban J connectivity index is 1.73. The standard InChI is InChI=1S/C24H39N5O/c1-5-6-7-8-9-10-11-12-13-14-23(30)27-19-15-16-22(26-18-19)29-21(25)17-20(28-29)24(2,3)4/h15-18H,5-14,25H2,1-4H3,(H,27,30). The van der Waals surface area contributed by atoms with Crippen LogP contribution in [0.25, 0.3) is 5.82 Å². The van der Waals surface area contributed by atoms with E-state index in [1.165, 1.54) is 44.9 Å². The maximum Gasteiger partial charge on any atom is 0.224 e. The van der Waals surface area contributed by atoms with Crippen LogP contribution in [0.1, 0.15) is 97.6 Å². The average Bonchev–Trinajstić information content (AvgIpc) is 3.09. The zero-order chi connectivity index (χ0) is 22.0. The first-order valence-electron chi connectivity index (χ1n) is 11.4. The van der Waals surface area contributed by atoms with Gasteiger partial charge in [0.1, 0.15) is 5.82 Å². The second-order valence-corrected chi connectivity index (χ2v) is 9.15. The van der Waals surface area contributed by atoms with Gasteiger partial charge >= 0.3 is 0 Å². The maximum absolute atomic E-state index is 12.2. The highest BCUT2D eigenvalue weighted by molar-refractivity contribution is 5.90. The van der Waals surface area contributed by atoms with Gasteiger partial charge in [-0.2, -0.15) is 9.78 Å². The summed E-state index contributed by atoms with van der Waals surface area (Å²) in [5.41, 5.74) is 7.63. The van der Waals surface area contributed by atoms with Crippen LogP contribution in [0, 0.1) is 0 Å². The third-order valence-corrected chi connectivity index (χ3v) is 5.26. The molecule has 0 saturated carbocycles. The Morgan fingerprint density at radius 1 is 1.03 bits per heavy atom. The van der Waals surface area contributed by atoms with Gasteiger partial charge in [-0.1, -0.05) is 79.1 Å². The fourth-order valence-corrected chi connectivity index (χ4v) is 3.35. The highest BCUT2D eigenvalue weighted by Gasteiger charge is 2.19. The highest BCUT2D eigenvalue weighted by atomic mass is 16.1. The third kappa shape index (κ3) is 7.81. The second kappa shape index (κ2) is 11.7. The molecule has 2 aromatic heterocycles. The number of hydrogen-bond donors (Lipinski definition) is 2. The number of amides is 1. The van der Waals surface area contributed by atoms with Crippen molar-refractivity contribution in [3.8, 4) is 5.82 Å². The van der Waals surface area contributed by atoms with Crippen molar-refractivity contribution in [2.75, 3.05) is 11.1 Å². The van der Waals surface area contributed by atoms with Crippen LogP contribution in [0.15, 0.2) is 24.4 Å². The van der Waals surface area contributed by atoms with Gasteiger partial charge in [0.25, 0.3) is 0 Å². The van der Waals surface area contributed by atoms with Crippen LogP contribution in [0.3, 0.4) is 0 Å². The van der Waals surface area contributed by atoms with Gasteiger partial charge < -0.3 is 11.1 Å². The lowest BCUT2D eigenvalue weighted by molar-refractivity contribution is -0.116. The zero-order valence-corrected chi connectivity index (χ0v) is 19.2. The molecule has 6 heteroatoms. The van der Waals surface area contributed by atoms with E-state index in [0.717, 1.165) is 18.5 Å². The Morgan fingerprint density at radius 2 is 1.67 bits per heavy atom. The molecule has 6 nitrogen and oxygen atoms in total. The van der Waals surface area contributed by atoms with E-state index >= 15 is 0 Å². The number of unbranched alkanes of at least 4 members (excludes halogenated alkanes) is 8. The van der Waals surface area contributed by atoms with Crippen molar-refractivity contribution in [2.24, 2.45) is 0 Å². The molecule has 0 aliphatic rings. The van der Waals surface area contributed by atoms with Crippen LogP contribution >= 0.6 is 0 Å². The van der Waals surface area contributed by atoms with Crippen LogP contribution < -0.4 is 11.1 Å². The van der Waals surface area contributed by atoms with E-state index in [2.05, 4.69) is 43.1 Å². The van der Waals surface area contributed by atoms with Crippen LogP contribution in [0.5, 0.6) is 0 Å². The van der Waals surface area contributed by atoms with Gasteiger partial charge in [0.15, 0.2) is 5.82 Å². The number of nitrogens with one attached hydrogen (secondary N) is 1. The number of aromatic nitrogens is 3. The Bertz CT molecular complexity index is 774. The molecule has 0 aromatic carbocycles. The molecule has 0 spiro atoms. The molecule has 0 radical (unpaired) electrons. The lowest BCUT2D eigenvalue weighted by Gasteiger charge is -2.14. The number of hydrogen-bond acceptors (Lipinski definition) is 4. The summed E-state index contributed by atoms with van der Waals surface area (Å²) in [6, 6.07) is 5.54. The van der Waals surface area contributed by atoms with Crippen molar-refractivity contribution in [2.45, 2.75) is 97.3 Å². The van der Waals surface area contributed by atoms with E-state index in [9.17, 15) is 4.79 Å². The number of rotatable bonds is 12. The molecule has 30 heavy (non-hydrogen) atoms. The molecule has 1 amide bonds. The summed E-state index contributed by atoms with van der Waals surface area (Å²) in [5, 5.41) is 7.50. The summed E-state index contributed by atoms with van der Waals surface area (Å²) in [6.07, 6.45) is 13.4. The Morgan fingerprint density at radius 3 is 2.20 bits per heavy atom. The molecule has 166 valence electrons. The molecular weight excluding hydrogens is 374 g/mol. The van der Waals surface area contributed by atoms with Crippen molar-refractivity contribution in [1.82, 2.24) is 14.8 Å². The van der Waals surface area contributed by atoms with Gasteiger partial charge in [-0.15, -0.1) is 0 Å². The molecule has 0 fully saturated rings. The molecule has 0 aliphatic heterocycles. The number of nitrogens with zero attached hydrogens (tertiary/aromatic N) is 3. The summed E-state index contributed by atoms with van der Waals surface area (Å²) in [6.45, 7) is 8.53. The van der Waals surface area contributed by atoms with Crippen molar-refractivity contribution < 1.29 is 4.79 Å². The number of pyridine rings is 1. The molecule has 0 saturated heterocycles. The molecule has 2 heterocycles. The Kier molecular flexibility index (Phi) is 9.34. The topological polar surface area (TPSA) is 85.8 Å². The van der Waals surface area contributed by atoms with E-state index in [0.29, 0.717) is 23.7 Å². The van der Waals surface area contributed by atoms with E-state index in [1.54, 1.807) is 10.9 Å². The Hall–Kier alpha value is -2.37. The number of nitrogen functional groups attached to an aromatic ring is 1. The third-order valence-electron chi connectivity index (χ3n) is 5.26. The normalized spacial score (nSPS) is 11.6. The van der Waals surface area contributed by atoms with Gasteiger partial charge in [0.05, 0.1) is 17.6 Å². The number of carbonyl (C=O) groups is 1. The van der Waals surface area contributed by atoms with E-state index in [4.69, 9.17) is 5.73 Å². The van der Waals surface area contributed by atoms with Gasteiger partial charge in [0.2, 0.25) is 5.91 Å². The van der Waals surface area contributed by atoms with Crippen molar-refractivity contribution in [1.29, 1.82) is 0 Å². The Labute approximate surface area is 181 Å². The fraction of sp³-hybridized carbons (Fsp3) is 0.625.